The lowest BCUT2D eigenvalue weighted by Gasteiger charge is -2.14. The molecule has 0 heterocycles. The number of esters is 1. The number of nitrogens with one attached hydrogen (secondary N) is 2. The van der Waals surface area contributed by atoms with Crippen molar-refractivity contribution in [1.82, 2.24) is 4.72 Å². The molecule has 0 bridgehead atoms. The van der Waals surface area contributed by atoms with Gasteiger partial charge < -0.3 is 10.1 Å². The van der Waals surface area contributed by atoms with E-state index in [1.165, 1.54) is 26.1 Å². The van der Waals surface area contributed by atoms with Crippen LogP contribution in [0.25, 0.3) is 0 Å². The zero-order valence-corrected chi connectivity index (χ0v) is 16.5. The zero-order chi connectivity index (χ0) is 20.2. The molecule has 1 atom stereocenters. The number of hydrogen-bond acceptors (Lipinski definition) is 5. The van der Waals surface area contributed by atoms with Gasteiger partial charge in [0.2, 0.25) is 10.0 Å². The Balaban J connectivity index is 2.12. The molecule has 0 aliphatic heterocycles. The highest BCUT2D eigenvalue weighted by Gasteiger charge is 2.22. The summed E-state index contributed by atoms with van der Waals surface area (Å²) in [5.74, 6) is -1.35. The summed E-state index contributed by atoms with van der Waals surface area (Å²) in [5, 5.41) is 2.61. The maximum Gasteiger partial charge on any atom is 0.338 e. The topological polar surface area (TPSA) is 102 Å². The molecule has 0 aliphatic carbocycles. The number of carbonyl (C=O) groups excluding carboxylic acids is 2. The number of amides is 1. The highest BCUT2D eigenvalue weighted by Crippen LogP contribution is 2.23. The summed E-state index contributed by atoms with van der Waals surface area (Å²) < 4.78 is 31.2. The fourth-order valence-corrected chi connectivity index (χ4v) is 3.44. The number of benzene rings is 2. The second-order valence-corrected chi connectivity index (χ2v) is 8.02. The summed E-state index contributed by atoms with van der Waals surface area (Å²) in [4.78, 5) is 24.2. The summed E-state index contributed by atoms with van der Waals surface area (Å²) >= 11 is 5.89. The van der Waals surface area contributed by atoms with Gasteiger partial charge >= 0.3 is 5.97 Å². The largest absolute Gasteiger partial charge is 0.449 e. The van der Waals surface area contributed by atoms with Gasteiger partial charge in [0.1, 0.15) is 4.90 Å². The van der Waals surface area contributed by atoms with Crippen LogP contribution < -0.4 is 10.0 Å². The van der Waals surface area contributed by atoms with E-state index in [-0.39, 0.29) is 15.5 Å². The molecule has 0 saturated carbocycles. The van der Waals surface area contributed by atoms with Crippen molar-refractivity contribution in [3.05, 3.63) is 58.6 Å². The van der Waals surface area contributed by atoms with Crippen LogP contribution in [0, 0.1) is 6.92 Å². The van der Waals surface area contributed by atoms with Crippen molar-refractivity contribution in [3.8, 4) is 0 Å². The molecule has 9 heteroatoms. The van der Waals surface area contributed by atoms with Gasteiger partial charge in [-0.1, -0.05) is 23.7 Å². The smallest absolute Gasteiger partial charge is 0.338 e. The van der Waals surface area contributed by atoms with Gasteiger partial charge in [0, 0.05) is 5.69 Å². The standard InChI is InChI=1S/C18H19ClN2O5S/c1-11-5-4-6-14(9-11)21-17(22)12(2)26-18(23)13-7-8-15(19)16(10-13)27(24,25)20-3/h4-10,12,20H,1-3H3,(H,21,22)/t12-/m1/s1. The van der Waals surface area contributed by atoms with Crippen LogP contribution in [0.15, 0.2) is 47.4 Å². The Kier molecular flexibility index (Phi) is 6.59. The van der Waals surface area contributed by atoms with Crippen LogP contribution in [0.4, 0.5) is 5.69 Å². The molecule has 2 N–H and O–H groups in total. The van der Waals surface area contributed by atoms with E-state index in [1.807, 2.05) is 13.0 Å². The lowest BCUT2D eigenvalue weighted by Crippen LogP contribution is -2.30. The van der Waals surface area contributed by atoms with E-state index in [9.17, 15) is 18.0 Å². The molecule has 0 unspecified atom stereocenters. The summed E-state index contributed by atoms with van der Waals surface area (Å²) in [5.41, 5.74) is 1.51. The van der Waals surface area contributed by atoms with Gasteiger partial charge in [-0.15, -0.1) is 0 Å². The molecule has 0 fully saturated rings. The first-order valence-corrected chi connectivity index (χ1v) is 9.82. The van der Waals surface area contributed by atoms with Gasteiger partial charge in [-0.25, -0.2) is 17.9 Å². The minimum atomic E-state index is -3.84. The van der Waals surface area contributed by atoms with Crippen molar-refractivity contribution in [2.75, 3.05) is 12.4 Å². The number of rotatable bonds is 6. The van der Waals surface area contributed by atoms with Crippen LogP contribution in [-0.2, 0) is 19.6 Å². The minimum absolute atomic E-state index is 0.0360. The lowest BCUT2D eigenvalue weighted by atomic mass is 10.2. The van der Waals surface area contributed by atoms with Crippen molar-refractivity contribution >= 4 is 39.2 Å². The van der Waals surface area contributed by atoms with Crippen molar-refractivity contribution in [2.24, 2.45) is 0 Å². The second-order valence-electron chi connectivity index (χ2n) is 5.76. The van der Waals surface area contributed by atoms with Crippen LogP contribution >= 0.6 is 11.6 Å². The van der Waals surface area contributed by atoms with Crippen LogP contribution in [0.2, 0.25) is 5.02 Å². The van der Waals surface area contributed by atoms with Gasteiger partial charge in [-0.05, 0) is 56.8 Å². The summed E-state index contributed by atoms with van der Waals surface area (Å²) in [6.45, 7) is 3.31. The predicted molar refractivity (Wildman–Crippen MR) is 102 cm³/mol. The third kappa shape index (κ3) is 5.29. The lowest BCUT2D eigenvalue weighted by molar-refractivity contribution is -0.123. The first kappa shape index (κ1) is 20.9. The Morgan fingerprint density at radius 3 is 2.48 bits per heavy atom. The van der Waals surface area contributed by atoms with Crippen LogP contribution in [0.3, 0.4) is 0 Å². The molecule has 144 valence electrons. The average molecular weight is 411 g/mol. The van der Waals surface area contributed by atoms with Crippen molar-refractivity contribution in [1.29, 1.82) is 0 Å². The fourth-order valence-electron chi connectivity index (χ4n) is 2.20. The molecule has 7 nitrogen and oxygen atoms in total. The number of aryl methyl sites for hydroxylation is 1. The average Bonchev–Trinajstić information content (AvgIpc) is 2.61. The molecule has 2 aromatic rings. The molecule has 2 aromatic carbocycles. The predicted octanol–water partition coefficient (Wildman–Crippen LogP) is 2.74. The SMILES string of the molecule is CNS(=O)(=O)c1cc(C(=O)O[C@H](C)C(=O)Nc2cccc(C)c2)ccc1Cl. The first-order chi connectivity index (χ1) is 12.6. The van der Waals surface area contributed by atoms with Gasteiger partial charge in [0.15, 0.2) is 6.10 Å². The highest BCUT2D eigenvalue weighted by molar-refractivity contribution is 7.89. The monoisotopic (exact) mass is 410 g/mol. The third-order valence-corrected chi connectivity index (χ3v) is 5.56. The molecule has 0 aliphatic rings. The van der Waals surface area contributed by atoms with Gasteiger partial charge in [-0.3, -0.25) is 4.79 Å². The van der Waals surface area contributed by atoms with E-state index in [1.54, 1.807) is 18.2 Å². The Morgan fingerprint density at radius 1 is 1.15 bits per heavy atom. The second kappa shape index (κ2) is 8.51. The quantitative estimate of drug-likeness (QED) is 0.713. The Labute approximate surface area is 162 Å². The van der Waals surface area contributed by atoms with E-state index in [0.29, 0.717) is 5.69 Å². The number of ether oxygens (including phenoxy) is 1. The normalized spacial score (nSPS) is 12.3. The molecule has 1 amide bonds. The number of halogens is 1. The fraction of sp³-hybridized carbons (Fsp3) is 0.222. The third-order valence-electron chi connectivity index (χ3n) is 3.66. The molecule has 0 saturated heterocycles. The highest BCUT2D eigenvalue weighted by atomic mass is 35.5. The molecular weight excluding hydrogens is 392 g/mol. The van der Waals surface area contributed by atoms with Gasteiger partial charge in [0.05, 0.1) is 10.6 Å². The van der Waals surface area contributed by atoms with Crippen molar-refractivity contribution < 1.29 is 22.7 Å². The summed E-state index contributed by atoms with van der Waals surface area (Å²) in [6, 6.07) is 10.9. The van der Waals surface area contributed by atoms with E-state index < -0.39 is 28.0 Å². The molecular formula is C18H19ClN2O5S. The van der Waals surface area contributed by atoms with E-state index in [0.717, 1.165) is 11.6 Å². The maximum atomic E-state index is 12.3. The summed E-state index contributed by atoms with van der Waals surface area (Å²) in [7, 11) is -2.61. The van der Waals surface area contributed by atoms with Crippen LogP contribution in [-0.4, -0.2) is 33.4 Å². The molecule has 0 radical (unpaired) electrons. The van der Waals surface area contributed by atoms with E-state index >= 15 is 0 Å². The molecule has 0 spiro atoms. The van der Waals surface area contributed by atoms with Crippen molar-refractivity contribution in [2.45, 2.75) is 24.8 Å². The van der Waals surface area contributed by atoms with Gasteiger partial charge in [0.25, 0.3) is 5.91 Å². The molecule has 27 heavy (non-hydrogen) atoms. The van der Waals surface area contributed by atoms with Crippen molar-refractivity contribution in [3.63, 3.8) is 0 Å². The Morgan fingerprint density at radius 2 is 1.85 bits per heavy atom. The number of hydrogen-bond donors (Lipinski definition) is 2. The Bertz CT molecular complexity index is 975. The maximum absolute atomic E-state index is 12.3. The summed E-state index contributed by atoms with van der Waals surface area (Å²) in [6.07, 6.45) is -1.09. The van der Waals surface area contributed by atoms with Crippen LogP contribution in [0.5, 0.6) is 0 Å². The molecule has 0 aromatic heterocycles. The Hall–Kier alpha value is -2.42. The molecule has 2 rings (SSSR count). The van der Waals surface area contributed by atoms with Gasteiger partial charge in [-0.2, -0.15) is 0 Å². The van der Waals surface area contributed by atoms with E-state index in [4.69, 9.17) is 16.3 Å². The number of anilines is 1. The van der Waals surface area contributed by atoms with E-state index in [2.05, 4.69) is 10.0 Å². The number of carbonyl (C=O) groups is 2. The first-order valence-electron chi connectivity index (χ1n) is 7.95. The van der Waals surface area contributed by atoms with Crippen LogP contribution in [0.1, 0.15) is 22.8 Å². The number of sulfonamides is 1. The zero-order valence-electron chi connectivity index (χ0n) is 14.9. The minimum Gasteiger partial charge on any atom is -0.449 e.